The first-order chi connectivity index (χ1) is 11.1. The molecule has 6 heteroatoms. The lowest BCUT2D eigenvalue weighted by atomic mass is 10.1. The van der Waals surface area contributed by atoms with E-state index in [1.54, 1.807) is 30.3 Å². The highest BCUT2D eigenvalue weighted by atomic mass is 32.1. The van der Waals surface area contributed by atoms with Crippen molar-refractivity contribution in [2.45, 2.75) is 19.3 Å². The fourth-order valence-electron chi connectivity index (χ4n) is 2.04. The topological polar surface area (TPSA) is 72.5 Å². The molecule has 2 aromatic rings. The van der Waals surface area contributed by atoms with Crippen molar-refractivity contribution in [3.05, 3.63) is 52.2 Å². The summed E-state index contributed by atoms with van der Waals surface area (Å²) < 4.78 is 4.63. The van der Waals surface area contributed by atoms with E-state index in [2.05, 4.69) is 10.1 Å². The average molecular weight is 331 g/mol. The minimum atomic E-state index is -0.456. The maximum Gasteiger partial charge on any atom is 0.337 e. The van der Waals surface area contributed by atoms with E-state index in [1.807, 2.05) is 11.4 Å². The van der Waals surface area contributed by atoms with Crippen molar-refractivity contribution in [3.63, 3.8) is 0 Å². The number of nitrogens with one attached hydrogen (secondary N) is 1. The van der Waals surface area contributed by atoms with Crippen LogP contribution in [0.2, 0.25) is 0 Å². The molecule has 1 aromatic carbocycles. The number of benzene rings is 1. The van der Waals surface area contributed by atoms with Crippen molar-refractivity contribution in [3.8, 4) is 0 Å². The van der Waals surface area contributed by atoms with Crippen molar-refractivity contribution >= 4 is 34.7 Å². The van der Waals surface area contributed by atoms with Gasteiger partial charge in [-0.2, -0.15) is 0 Å². The second-order valence-corrected chi connectivity index (χ2v) is 5.82. The molecule has 23 heavy (non-hydrogen) atoms. The van der Waals surface area contributed by atoms with Gasteiger partial charge in [-0.15, -0.1) is 11.3 Å². The Balaban J connectivity index is 1.81. The van der Waals surface area contributed by atoms with Gasteiger partial charge in [-0.25, -0.2) is 4.79 Å². The Morgan fingerprint density at radius 3 is 2.65 bits per heavy atom. The maximum atomic E-state index is 11.9. The molecule has 0 spiro atoms. The Bertz CT molecular complexity index is 694. The molecule has 1 N–H and O–H groups in total. The molecule has 0 fully saturated rings. The first kappa shape index (κ1) is 16.9. The number of esters is 1. The van der Waals surface area contributed by atoms with Gasteiger partial charge in [0.15, 0.2) is 5.78 Å². The zero-order chi connectivity index (χ0) is 16.7. The fourth-order valence-corrected chi connectivity index (χ4v) is 2.73. The molecule has 0 unspecified atom stereocenters. The van der Waals surface area contributed by atoms with Crippen molar-refractivity contribution in [1.82, 2.24) is 0 Å². The number of amides is 1. The van der Waals surface area contributed by atoms with Gasteiger partial charge < -0.3 is 10.1 Å². The van der Waals surface area contributed by atoms with Gasteiger partial charge in [-0.1, -0.05) is 12.1 Å². The van der Waals surface area contributed by atoms with Gasteiger partial charge in [-0.3, -0.25) is 9.59 Å². The highest BCUT2D eigenvalue weighted by Crippen LogP contribution is 2.15. The Morgan fingerprint density at radius 2 is 1.96 bits per heavy atom. The van der Waals surface area contributed by atoms with Crippen LogP contribution in [0.1, 0.15) is 39.3 Å². The Kier molecular flexibility index (Phi) is 6.05. The van der Waals surface area contributed by atoms with Crippen LogP contribution in [0.25, 0.3) is 0 Å². The molecule has 5 nitrogen and oxygen atoms in total. The minimum absolute atomic E-state index is 0.0560. The zero-order valence-corrected chi connectivity index (χ0v) is 13.5. The van der Waals surface area contributed by atoms with E-state index in [4.69, 9.17) is 0 Å². The molecular weight excluding hydrogens is 314 g/mol. The monoisotopic (exact) mass is 331 g/mol. The first-order valence-corrected chi connectivity index (χ1v) is 8.03. The second kappa shape index (κ2) is 8.24. The second-order valence-electron chi connectivity index (χ2n) is 4.87. The zero-order valence-electron chi connectivity index (χ0n) is 12.7. The van der Waals surface area contributed by atoms with Crippen molar-refractivity contribution in [2.24, 2.45) is 0 Å². The van der Waals surface area contributed by atoms with Gasteiger partial charge in [0.25, 0.3) is 0 Å². The molecule has 0 saturated heterocycles. The van der Waals surface area contributed by atoms with Crippen LogP contribution in [0.15, 0.2) is 41.8 Å². The lowest BCUT2D eigenvalue weighted by molar-refractivity contribution is -0.116. The molecule has 0 aliphatic rings. The fraction of sp³-hybridized carbons (Fsp3) is 0.235. The summed E-state index contributed by atoms with van der Waals surface area (Å²) in [5, 5.41) is 4.57. The van der Waals surface area contributed by atoms with Gasteiger partial charge in [0.05, 0.1) is 17.6 Å². The lowest BCUT2D eigenvalue weighted by Crippen LogP contribution is -2.12. The number of hydrogen-bond donors (Lipinski definition) is 1. The largest absolute Gasteiger partial charge is 0.465 e. The Hall–Kier alpha value is -2.47. The van der Waals surface area contributed by atoms with E-state index in [0.29, 0.717) is 24.1 Å². The lowest BCUT2D eigenvalue weighted by Gasteiger charge is -2.06. The van der Waals surface area contributed by atoms with E-state index in [1.165, 1.54) is 18.4 Å². The number of anilines is 1. The van der Waals surface area contributed by atoms with Crippen molar-refractivity contribution < 1.29 is 19.1 Å². The summed E-state index contributed by atoms with van der Waals surface area (Å²) in [6, 6.07) is 10.1. The molecule has 0 atom stereocenters. The summed E-state index contributed by atoms with van der Waals surface area (Å²) in [7, 11) is 1.30. The third kappa shape index (κ3) is 5.03. The molecule has 2 rings (SSSR count). The molecule has 1 amide bonds. The highest BCUT2D eigenvalue weighted by molar-refractivity contribution is 7.12. The van der Waals surface area contributed by atoms with Gasteiger partial charge in [-0.05, 0) is 36.1 Å². The van der Waals surface area contributed by atoms with Gasteiger partial charge in [0.2, 0.25) is 5.91 Å². The van der Waals surface area contributed by atoms with Crippen LogP contribution in [0.4, 0.5) is 5.69 Å². The molecule has 0 aliphatic heterocycles. The molecule has 0 aliphatic carbocycles. The number of ketones is 1. The highest BCUT2D eigenvalue weighted by Gasteiger charge is 2.10. The van der Waals surface area contributed by atoms with Crippen LogP contribution in [-0.2, 0) is 9.53 Å². The molecule has 0 radical (unpaired) electrons. The van der Waals surface area contributed by atoms with E-state index in [9.17, 15) is 14.4 Å². The minimum Gasteiger partial charge on any atom is -0.465 e. The summed E-state index contributed by atoms with van der Waals surface area (Å²) >= 11 is 1.41. The summed E-state index contributed by atoms with van der Waals surface area (Å²) in [5.74, 6) is -0.589. The van der Waals surface area contributed by atoms with Crippen LogP contribution in [0.3, 0.4) is 0 Å². The van der Waals surface area contributed by atoms with E-state index < -0.39 is 5.97 Å². The maximum absolute atomic E-state index is 11.9. The number of Topliss-reactive ketones (excluding diaryl/α,β-unsaturated/α-hetero) is 1. The molecular formula is C17H17NO4S. The Morgan fingerprint density at radius 1 is 1.13 bits per heavy atom. The summed E-state index contributed by atoms with van der Waals surface area (Å²) in [6.45, 7) is 0. The third-order valence-electron chi connectivity index (χ3n) is 3.17. The van der Waals surface area contributed by atoms with E-state index in [-0.39, 0.29) is 18.1 Å². The SMILES string of the molecule is COC(=O)c1cccc(NC(=O)CCCC(=O)c2cccs2)c1. The van der Waals surface area contributed by atoms with E-state index in [0.717, 1.165) is 4.88 Å². The smallest absolute Gasteiger partial charge is 0.337 e. The summed E-state index contributed by atoms with van der Waals surface area (Å²) in [4.78, 5) is 35.9. The number of ether oxygens (including phenoxy) is 1. The van der Waals surface area contributed by atoms with E-state index >= 15 is 0 Å². The number of thiophene rings is 1. The summed E-state index contributed by atoms with van der Waals surface area (Å²) in [5.41, 5.74) is 0.903. The number of methoxy groups -OCH3 is 1. The quantitative estimate of drug-likeness (QED) is 0.622. The van der Waals surface area contributed by atoms with Crippen LogP contribution in [-0.4, -0.2) is 24.8 Å². The van der Waals surface area contributed by atoms with Crippen LogP contribution in [0, 0.1) is 0 Å². The number of rotatable bonds is 7. The average Bonchev–Trinajstić information content (AvgIpc) is 3.08. The molecule has 120 valence electrons. The van der Waals surface area contributed by atoms with Crippen LogP contribution < -0.4 is 5.32 Å². The van der Waals surface area contributed by atoms with Gasteiger partial charge in [0.1, 0.15) is 0 Å². The number of carbonyl (C=O) groups is 3. The van der Waals surface area contributed by atoms with Crippen molar-refractivity contribution in [1.29, 1.82) is 0 Å². The molecule has 1 aromatic heterocycles. The normalized spacial score (nSPS) is 10.1. The number of carbonyl (C=O) groups excluding carboxylic acids is 3. The first-order valence-electron chi connectivity index (χ1n) is 7.15. The van der Waals surface area contributed by atoms with Crippen molar-refractivity contribution in [2.75, 3.05) is 12.4 Å². The van der Waals surface area contributed by atoms with Gasteiger partial charge >= 0.3 is 5.97 Å². The summed E-state index contributed by atoms with van der Waals surface area (Å²) in [6.07, 6.45) is 1.08. The molecule has 1 heterocycles. The predicted molar refractivity (Wildman–Crippen MR) is 88.9 cm³/mol. The number of hydrogen-bond acceptors (Lipinski definition) is 5. The van der Waals surface area contributed by atoms with Crippen LogP contribution >= 0.6 is 11.3 Å². The third-order valence-corrected chi connectivity index (χ3v) is 4.08. The van der Waals surface area contributed by atoms with Crippen LogP contribution in [0.5, 0.6) is 0 Å². The van der Waals surface area contributed by atoms with Gasteiger partial charge in [0, 0.05) is 18.5 Å². The standard InChI is InChI=1S/C17H17NO4S/c1-22-17(21)12-5-2-6-13(11-12)18-16(20)9-3-7-14(19)15-8-4-10-23-15/h2,4-6,8,10-11H,3,7,9H2,1H3,(H,18,20). The molecule has 0 bridgehead atoms. The Labute approximate surface area is 138 Å². The molecule has 0 saturated carbocycles. The predicted octanol–water partition coefficient (Wildman–Crippen LogP) is 3.53.